The largest absolute Gasteiger partial charge is 0.246 e. The second-order valence-electron chi connectivity index (χ2n) is 3.68. The third-order valence-corrected chi connectivity index (χ3v) is 2.86. The molecule has 84 valence electrons. The molecule has 0 spiro atoms. The van der Waals surface area contributed by atoms with Crippen molar-refractivity contribution >= 4 is 11.6 Å². The predicted octanol–water partition coefficient (Wildman–Crippen LogP) is 2.85. The molecular formula is C12H14ClN3. The summed E-state index contributed by atoms with van der Waals surface area (Å²) in [6.45, 7) is 4.69. The van der Waals surface area contributed by atoms with Crippen molar-refractivity contribution in [3.05, 3.63) is 46.5 Å². The van der Waals surface area contributed by atoms with Crippen LogP contribution in [0.15, 0.2) is 24.3 Å². The van der Waals surface area contributed by atoms with E-state index in [1.165, 1.54) is 0 Å². The molecule has 0 saturated carbocycles. The molecule has 0 aliphatic carbocycles. The van der Waals surface area contributed by atoms with Crippen molar-refractivity contribution in [2.75, 3.05) is 0 Å². The average molecular weight is 236 g/mol. The second-order valence-corrected chi connectivity index (χ2v) is 4.09. The first-order chi connectivity index (χ1) is 7.70. The highest BCUT2D eigenvalue weighted by Gasteiger charge is 2.06. The zero-order chi connectivity index (χ0) is 11.5. The number of halogens is 1. The summed E-state index contributed by atoms with van der Waals surface area (Å²) in [5.74, 6) is 1.81. The van der Waals surface area contributed by atoms with Crippen LogP contribution >= 0.6 is 11.6 Å². The summed E-state index contributed by atoms with van der Waals surface area (Å²) < 4.78 is 1.89. The van der Waals surface area contributed by atoms with Crippen LogP contribution in [0.3, 0.4) is 0 Å². The minimum Gasteiger partial charge on any atom is -0.246 e. The van der Waals surface area contributed by atoms with Crippen molar-refractivity contribution in [1.82, 2.24) is 14.8 Å². The lowest BCUT2D eigenvalue weighted by Crippen LogP contribution is -2.04. The van der Waals surface area contributed by atoms with E-state index in [0.717, 1.165) is 28.7 Å². The number of benzene rings is 1. The van der Waals surface area contributed by atoms with Gasteiger partial charge in [-0.3, -0.25) is 0 Å². The van der Waals surface area contributed by atoms with E-state index in [9.17, 15) is 0 Å². The van der Waals surface area contributed by atoms with Crippen LogP contribution in [0.2, 0.25) is 5.02 Å². The van der Waals surface area contributed by atoms with Gasteiger partial charge in [0, 0.05) is 11.4 Å². The maximum absolute atomic E-state index is 6.11. The fourth-order valence-corrected chi connectivity index (χ4v) is 1.76. The lowest BCUT2D eigenvalue weighted by atomic mass is 10.2. The molecule has 0 amide bonds. The van der Waals surface area contributed by atoms with Crippen LogP contribution in [0.25, 0.3) is 0 Å². The number of aromatic nitrogens is 3. The van der Waals surface area contributed by atoms with Crippen molar-refractivity contribution < 1.29 is 0 Å². The summed E-state index contributed by atoms with van der Waals surface area (Å²) in [6, 6.07) is 7.81. The zero-order valence-corrected chi connectivity index (χ0v) is 10.2. The zero-order valence-electron chi connectivity index (χ0n) is 9.44. The summed E-state index contributed by atoms with van der Waals surface area (Å²) >= 11 is 6.11. The normalized spacial score (nSPS) is 10.7. The Morgan fingerprint density at radius 2 is 2.06 bits per heavy atom. The summed E-state index contributed by atoms with van der Waals surface area (Å²) in [4.78, 5) is 4.36. The van der Waals surface area contributed by atoms with Crippen LogP contribution in [0.5, 0.6) is 0 Å². The quantitative estimate of drug-likeness (QED) is 0.819. The molecule has 3 nitrogen and oxygen atoms in total. The number of hydrogen-bond acceptors (Lipinski definition) is 2. The van der Waals surface area contributed by atoms with E-state index in [0.29, 0.717) is 6.54 Å². The van der Waals surface area contributed by atoms with Crippen LogP contribution < -0.4 is 0 Å². The van der Waals surface area contributed by atoms with Gasteiger partial charge in [0.2, 0.25) is 0 Å². The van der Waals surface area contributed by atoms with E-state index in [4.69, 9.17) is 11.6 Å². The lowest BCUT2D eigenvalue weighted by Gasteiger charge is -2.04. The molecule has 0 unspecified atom stereocenters. The fourth-order valence-electron chi connectivity index (χ4n) is 1.57. The number of rotatable bonds is 3. The standard InChI is InChI=1S/C12H14ClN3/c1-3-12-14-9(2)16(15-12)8-10-6-4-5-7-11(10)13/h4-7H,3,8H2,1-2H3. The molecule has 0 atom stereocenters. The van der Waals surface area contributed by atoms with Gasteiger partial charge in [-0.1, -0.05) is 36.7 Å². The maximum atomic E-state index is 6.11. The lowest BCUT2D eigenvalue weighted by molar-refractivity contribution is 0.652. The molecule has 1 aromatic heterocycles. The summed E-state index contributed by atoms with van der Waals surface area (Å²) in [7, 11) is 0. The van der Waals surface area contributed by atoms with Crippen molar-refractivity contribution in [2.45, 2.75) is 26.8 Å². The third-order valence-electron chi connectivity index (χ3n) is 2.49. The summed E-state index contributed by atoms with van der Waals surface area (Å²) in [6.07, 6.45) is 0.858. The van der Waals surface area contributed by atoms with Gasteiger partial charge in [0.15, 0.2) is 5.82 Å². The van der Waals surface area contributed by atoms with E-state index < -0.39 is 0 Å². The Labute approximate surface area is 100 Å². The summed E-state index contributed by atoms with van der Waals surface area (Å²) in [5.41, 5.74) is 1.07. The maximum Gasteiger partial charge on any atom is 0.150 e. The van der Waals surface area contributed by atoms with Gasteiger partial charge in [-0.15, -0.1) is 0 Å². The minimum absolute atomic E-state index is 0.679. The van der Waals surface area contributed by atoms with E-state index in [-0.39, 0.29) is 0 Å². The molecule has 0 fully saturated rings. The molecule has 0 bridgehead atoms. The molecular weight excluding hydrogens is 222 g/mol. The molecule has 2 rings (SSSR count). The predicted molar refractivity (Wildman–Crippen MR) is 64.7 cm³/mol. The van der Waals surface area contributed by atoms with Gasteiger partial charge in [0.05, 0.1) is 6.54 Å². The van der Waals surface area contributed by atoms with Crippen molar-refractivity contribution in [1.29, 1.82) is 0 Å². The SMILES string of the molecule is CCc1nc(C)n(Cc2ccccc2Cl)n1. The van der Waals surface area contributed by atoms with Gasteiger partial charge < -0.3 is 0 Å². The monoisotopic (exact) mass is 235 g/mol. The first-order valence-corrected chi connectivity index (χ1v) is 5.72. The highest BCUT2D eigenvalue weighted by atomic mass is 35.5. The van der Waals surface area contributed by atoms with Crippen LogP contribution in [-0.4, -0.2) is 14.8 Å². The van der Waals surface area contributed by atoms with Crippen LogP contribution in [-0.2, 0) is 13.0 Å². The van der Waals surface area contributed by atoms with E-state index in [2.05, 4.69) is 17.0 Å². The van der Waals surface area contributed by atoms with Gasteiger partial charge in [-0.25, -0.2) is 9.67 Å². The molecule has 16 heavy (non-hydrogen) atoms. The van der Waals surface area contributed by atoms with Crippen LogP contribution in [0.4, 0.5) is 0 Å². The number of hydrogen-bond donors (Lipinski definition) is 0. The molecule has 0 saturated heterocycles. The van der Waals surface area contributed by atoms with E-state index >= 15 is 0 Å². The third kappa shape index (κ3) is 2.25. The Kier molecular flexibility index (Phi) is 3.25. The van der Waals surface area contributed by atoms with Gasteiger partial charge >= 0.3 is 0 Å². The average Bonchev–Trinajstić information content (AvgIpc) is 2.63. The molecule has 0 aliphatic heterocycles. The highest BCUT2D eigenvalue weighted by molar-refractivity contribution is 6.31. The first-order valence-electron chi connectivity index (χ1n) is 5.34. The summed E-state index contributed by atoms with van der Waals surface area (Å²) in [5, 5.41) is 5.19. The molecule has 0 radical (unpaired) electrons. The molecule has 2 aromatic rings. The molecule has 0 aliphatic rings. The van der Waals surface area contributed by atoms with Crippen molar-refractivity contribution in [3.8, 4) is 0 Å². The Morgan fingerprint density at radius 1 is 1.31 bits per heavy atom. The van der Waals surface area contributed by atoms with E-state index in [1.54, 1.807) is 0 Å². The Balaban J connectivity index is 2.27. The molecule has 0 N–H and O–H groups in total. The van der Waals surface area contributed by atoms with Gasteiger partial charge in [0.25, 0.3) is 0 Å². The number of nitrogens with zero attached hydrogens (tertiary/aromatic N) is 3. The van der Waals surface area contributed by atoms with Gasteiger partial charge in [-0.05, 0) is 18.6 Å². The minimum atomic E-state index is 0.679. The topological polar surface area (TPSA) is 30.7 Å². The van der Waals surface area contributed by atoms with E-state index in [1.807, 2.05) is 35.9 Å². The Bertz CT molecular complexity index is 491. The molecule has 1 heterocycles. The first kappa shape index (κ1) is 11.1. The van der Waals surface area contributed by atoms with Gasteiger partial charge in [-0.2, -0.15) is 5.10 Å². The van der Waals surface area contributed by atoms with Crippen LogP contribution in [0.1, 0.15) is 24.1 Å². The van der Waals surface area contributed by atoms with Crippen LogP contribution in [0, 0.1) is 6.92 Å². The molecule has 1 aromatic carbocycles. The number of aryl methyl sites for hydroxylation is 2. The Hall–Kier alpha value is -1.35. The smallest absolute Gasteiger partial charge is 0.150 e. The van der Waals surface area contributed by atoms with Crippen molar-refractivity contribution in [3.63, 3.8) is 0 Å². The molecule has 4 heteroatoms. The highest BCUT2D eigenvalue weighted by Crippen LogP contribution is 2.16. The fraction of sp³-hybridized carbons (Fsp3) is 0.333. The van der Waals surface area contributed by atoms with Gasteiger partial charge in [0.1, 0.15) is 5.82 Å². The second kappa shape index (κ2) is 4.66. The van der Waals surface area contributed by atoms with Crippen molar-refractivity contribution in [2.24, 2.45) is 0 Å². The Morgan fingerprint density at radius 3 is 2.69 bits per heavy atom.